The fourth-order valence-corrected chi connectivity index (χ4v) is 3.27. The minimum Gasteiger partial charge on any atom is -0.343 e. The summed E-state index contributed by atoms with van der Waals surface area (Å²) < 4.78 is 0. The van der Waals surface area contributed by atoms with Crippen LogP contribution in [0.25, 0.3) is 0 Å². The lowest BCUT2D eigenvalue weighted by atomic mass is 9.85. The molecule has 0 saturated heterocycles. The summed E-state index contributed by atoms with van der Waals surface area (Å²) >= 11 is 0. The summed E-state index contributed by atoms with van der Waals surface area (Å²) in [5, 5.41) is 4.44. The van der Waals surface area contributed by atoms with Crippen LogP contribution in [0.15, 0.2) is 58.6 Å². The van der Waals surface area contributed by atoms with E-state index in [-0.39, 0.29) is 22.9 Å². The van der Waals surface area contributed by atoms with Crippen LogP contribution in [0.4, 0.5) is 5.69 Å². The van der Waals surface area contributed by atoms with Gasteiger partial charge in [-0.2, -0.15) is 5.10 Å². The Balaban J connectivity index is 2.03. The molecule has 1 N–H and O–H groups in total. The fourth-order valence-electron chi connectivity index (χ4n) is 3.27. The van der Waals surface area contributed by atoms with Gasteiger partial charge in [-0.1, -0.05) is 24.3 Å². The minimum atomic E-state index is -0.333. The fraction of sp³-hybridized carbons (Fsp3) is 0.304. The van der Waals surface area contributed by atoms with Gasteiger partial charge in [-0.05, 0) is 57.0 Å². The second-order valence-corrected chi connectivity index (χ2v) is 8.01. The van der Waals surface area contributed by atoms with Gasteiger partial charge < -0.3 is 4.90 Å². The summed E-state index contributed by atoms with van der Waals surface area (Å²) in [6.07, 6.45) is 0.802. The third kappa shape index (κ3) is 4.59. The Morgan fingerprint density at radius 1 is 1.07 bits per heavy atom. The number of benzene rings is 2. The van der Waals surface area contributed by atoms with Gasteiger partial charge in [-0.15, -0.1) is 0 Å². The zero-order valence-electron chi connectivity index (χ0n) is 17.5. The third-order valence-corrected chi connectivity index (χ3v) is 4.73. The maximum Gasteiger partial charge on any atom is 0.276 e. The van der Waals surface area contributed by atoms with Crippen LogP contribution >= 0.6 is 0 Å². The van der Waals surface area contributed by atoms with Gasteiger partial charge in [-0.25, -0.2) is 0 Å². The first kappa shape index (κ1) is 20.5. The lowest BCUT2D eigenvalue weighted by Crippen LogP contribution is -2.40. The molecule has 0 radical (unpaired) electrons. The Labute approximate surface area is 171 Å². The van der Waals surface area contributed by atoms with Gasteiger partial charge in [0, 0.05) is 25.2 Å². The van der Waals surface area contributed by atoms with Crippen LogP contribution in [0.2, 0.25) is 0 Å². The van der Waals surface area contributed by atoms with E-state index in [0.717, 1.165) is 17.5 Å². The monoisotopic (exact) mass is 390 g/mol. The molecule has 0 fully saturated rings. The molecule has 1 heterocycles. The number of hydrogen-bond donors (Lipinski definition) is 1. The topological polar surface area (TPSA) is 74.1 Å². The molecule has 0 saturated carbocycles. The van der Waals surface area contributed by atoms with Crippen molar-refractivity contribution >= 4 is 28.8 Å². The van der Waals surface area contributed by atoms with Crippen molar-refractivity contribution in [1.29, 1.82) is 0 Å². The Morgan fingerprint density at radius 3 is 2.34 bits per heavy atom. The maximum atomic E-state index is 13.0. The molecule has 150 valence electrons. The molecule has 1 aliphatic rings. The lowest BCUT2D eigenvalue weighted by molar-refractivity contribution is -0.121. The maximum absolute atomic E-state index is 13.0. The normalized spacial score (nSPS) is 15.2. The van der Waals surface area contributed by atoms with Crippen molar-refractivity contribution in [2.24, 2.45) is 10.1 Å². The van der Waals surface area contributed by atoms with Crippen LogP contribution in [0.5, 0.6) is 0 Å². The number of rotatable bonds is 5. The molecule has 0 atom stereocenters. The zero-order chi connectivity index (χ0) is 21.2. The Hall–Kier alpha value is -3.28. The van der Waals surface area contributed by atoms with Gasteiger partial charge in [0.05, 0.1) is 16.9 Å². The highest BCUT2D eigenvalue weighted by atomic mass is 16.2. The number of anilines is 1. The Bertz CT molecular complexity index is 1000. The molecule has 6 heteroatoms. The standard InChI is InChI=1S/C23H26N4O2/c1-15(28)16-10-12-18(13-11-16)25-26-21(22(29)27(4)5)20-19-9-7-6-8-17(19)14-23(2,3)24-20/h6-13,25H,14H2,1-5H3/b26-21-. The number of Topliss-reactive ketones (excluding diaryl/α,β-unsaturated/α-hetero) is 1. The number of nitrogens with zero attached hydrogens (tertiary/aromatic N) is 3. The van der Waals surface area contributed by atoms with Crippen LogP contribution in [0.1, 0.15) is 42.3 Å². The predicted molar refractivity (Wildman–Crippen MR) is 117 cm³/mol. The van der Waals surface area contributed by atoms with Crippen molar-refractivity contribution in [2.45, 2.75) is 32.7 Å². The molecule has 2 aromatic rings. The number of ketones is 1. The van der Waals surface area contributed by atoms with Gasteiger partial charge in [0.15, 0.2) is 11.5 Å². The molecule has 0 aromatic heterocycles. The summed E-state index contributed by atoms with van der Waals surface area (Å²) in [4.78, 5) is 30.8. The van der Waals surface area contributed by atoms with Crippen molar-refractivity contribution in [3.8, 4) is 0 Å². The van der Waals surface area contributed by atoms with E-state index in [1.165, 1.54) is 11.8 Å². The zero-order valence-corrected chi connectivity index (χ0v) is 17.5. The van der Waals surface area contributed by atoms with Crippen molar-refractivity contribution in [3.05, 3.63) is 65.2 Å². The number of amides is 1. The highest BCUT2D eigenvalue weighted by Crippen LogP contribution is 2.27. The smallest absolute Gasteiger partial charge is 0.276 e. The van der Waals surface area contributed by atoms with Gasteiger partial charge in [0.1, 0.15) is 0 Å². The summed E-state index contributed by atoms with van der Waals surface area (Å²) in [5.41, 5.74) is 6.84. The number of hydrogen-bond acceptors (Lipinski definition) is 5. The second kappa shape index (κ2) is 7.99. The number of aliphatic imine (C=N–C) groups is 1. The summed E-state index contributed by atoms with van der Waals surface area (Å²) in [6.45, 7) is 5.62. The molecule has 1 aliphatic heterocycles. The summed E-state index contributed by atoms with van der Waals surface area (Å²) in [7, 11) is 3.39. The highest BCUT2D eigenvalue weighted by molar-refractivity contribution is 6.70. The second-order valence-electron chi connectivity index (χ2n) is 8.01. The first-order valence-electron chi connectivity index (χ1n) is 9.53. The van der Waals surface area contributed by atoms with Gasteiger partial charge in [-0.3, -0.25) is 20.0 Å². The molecular weight excluding hydrogens is 364 g/mol. The number of fused-ring (bicyclic) bond motifs is 1. The number of hydrazone groups is 1. The van der Waals surface area contributed by atoms with Crippen LogP contribution in [-0.2, 0) is 11.2 Å². The SMILES string of the molecule is CC(=O)c1ccc(N/N=C(\C(=O)N(C)C)C2=NC(C)(C)Cc3ccccc32)cc1. The Kier molecular flexibility index (Phi) is 5.64. The van der Waals surface area contributed by atoms with E-state index >= 15 is 0 Å². The van der Waals surface area contributed by atoms with E-state index in [9.17, 15) is 9.59 Å². The van der Waals surface area contributed by atoms with E-state index < -0.39 is 0 Å². The van der Waals surface area contributed by atoms with Gasteiger partial charge >= 0.3 is 0 Å². The summed E-state index contributed by atoms with van der Waals surface area (Å²) in [6, 6.07) is 15.0. The van der Waals surface area contributed by atoms with Crippen molar-refractivity contribution in [1.82, 2.24) is 4.90 Å². The Morgan fingerprint density at radius 2 is 1.72 bits per heavy atom. The summed E-state index contributed by atoms with van der Waals surface area (Å²) in [5.74, 6) is -0.233. The molecule has 0 unspecified atom stereocenters. The van der Waals surface area contributed by atoms with Crippen molar-refractivity contribution < 1.29 is 9.59 Å². The molecule has 6 nitrogen and oxygen atoms in total. The molecule has 0 aliphatic carbocycles. The first-order valence-corrected chi connectivity index (χ1v) is 9.53. The van der Waals surface area contributed by atoms with Crippen molar-refractivity contribution in [2.75, 3.05) is 19.5 Å². The largest absolute Gasteiger partial charge is 0.343 e. The van der Waals surface area contributed by atoms with E-state index in [1.54, 1.807) is 38.4 Å². The molecular formula is C23H26N4O2. The van der Waals surface area contributed by atoms with Crippen LogP contribution < -0.4 is 5.43 Å². The quantitative estimate of drug-likeness (QED) is 0.482. The number of carbonyl (C=O) groups excluding carboxylic acids is 2. The number of carbonyl (C=O) groups is 2. The van der Waals surface area contributed by atoms with Crippen LogP contribution in [-0.4, -0.2) is 47.6 Å². The average molecular weight is 390 g/mol. The van der Waals surface area contributed by atoms with Gasteiger partial charge in [0.2, 0.25) is 0 Å². The van der Waals surface area contributed by atoms with Crippen LogP contribution in [0.3, 0.4) is 0 Å². The molecule has 3 rings (SSSR count). The molecule has 2 aromatic carbocycles. The third-order valence-electron chi connectivity index (χ3n) is 4.73. The molecule has 29 heavy (non-hydrogen) atoms. The van der Waals surface area contributed by atoms with E-state index in [4.69, 9.17) is 4.99 Å². The lowest BCUT2D eigenvalue weighted by Gasteiger charge is -2.29. The first-order chi connectivity index (χ1) is 13.7. The predicted octanol–water partition coefficient (Wildman–Crippen LogP) is 3.57. The highest BCUT2D eigenvalue weighted by Gasteiger charge is 2.32. The van der Waals surface area contributed by atoms with E-state index in [2.05, 4.69) is 30.4 Å². The van der Waals surface area contributed by atoms with Crippen LogP contribution in [0, 0.1) is 0 Å². The van der Waals surface area contributed by atoms with Gasteiger partial charge in [0.25, 0.3) is 5.91 Å². The van der Waals surface area contributed by atoms with E-state index in [0.29, 0.717) is 17.0 Å². The molecule has 1 amide bonds. The van der Waals surface area contributed by atoms with Crippen molar-refractivity contribution in [3.63, 3.8) is 0 Å². The average Bonchev–Trinajstić information content (AvgIpc) is 2.67. The molecule has 0 bridgehead atoms. The van der Waals surface area contributed by atoms with E-state index in [1.807, 2.05) is 18.2 Å². The minimum absolute atomic E-state index is 0.000995. The molecule has 0 spiro atoms. The number of nitrogens with one attached hydrogen (secondary N) is 1.